The minimum absolute atomic E-state index is 0.225. The van der Waals surface area contributed by atoms with Gasteiger partial charge in [-0.3, -0.25) is 4.79 Å². The van der Waals surface area contributed by atoms with E-state index >= 15 is 0 Å². The zero-order chi connectivity index (χ0) is 13.3. The average molecular weight is 266 g/mol. The fraction of sp³-hybridized carbons (Fsp3) is 0.933. The van der Waals surface area contributed by atoms with E-state index in [4.69, 9.17) is 4.74 Å². The molecule has 0 radical (unpaired) electrons. The van der Waals surface area contributed by atoms with Gasteiger partial charge in [0.2, 0.25) is 0 Å². The van der Waals surface area contributed by atoms with E-state index in [0.717, 1.165) is 51.3 Å². The van der Waals surface area contributed by atoms with Crippen molar-refractivity contribution in [3.8, 4) is 0 Å². The number of piperidine rings is 1. The molecule has 0 aliphatic carbocycles. The van der Waals surface area contributed by atoms with Crippen LogP contribution in [0.2, 0.25) is 0 Å². The Morgan fingerprint density at radius 2 is 2.05 bits per heavy atom. The zero-order valence-corrected chi connectivity index (χ0v) is 12.0. The summed E-state index contributed by atoms with van der Waals surface area (Å²) in [5.41, 5.74) is -0.529. The number of nitrogens with zero attached hydrogens (tertiary/aromatic N) is 1. The van der Waals surface area contributed by atoms with Crippen molar-refractivity contribution in [2.45, 2.75) is 57.1 Å². The molecule has 4 heteroatoms. The third-order valence-corrected chi connectivity index (χ3v) is 5.17. The molecule has 3 aliphatic heterocycles. The van der Waals surface area contributed by atoms with Gasteiger partial charge in [0.15, 0.2) is 0 Å². The van der Waals surface area contributed by atoms with Crippen LogP contribution in [0.3, 0.4) is 0 Å². The van der Waals surface area contributed by atoms with Crippen LogP contribution in [-0.2, 0) is 9.53 Å². The minimum Gasteiger partial charge on any atom is -0.365 e. The Hall–Kier alpha value is -0.610. The van der Waals surface area contributed by atoms with Gasteiger partial charge in [-0.15, -0.1) is 0 Å². The monoisotopic (exact) mass is 266 g/mol. The molecule has 1 amide bonds. The van der Waals surface area contributed by atoms with Gasteiger partial charge in [-0.05, 0) is 57.9 Å². The number of likely N-dealkylation sites (tertiary alicyclic amines) is 1. The van der Waals surface area contributed by atoms with Gasteiger partial charge in [0.05, 0.1) is 0 Å². The average Bonchev–Trinajstić information content (AvgIpc) is 3.10. The van der Waals surface area contributed by atoms with Gasteiger partial charge in [0.1, 0.15) is 5.60 Å². The van der Waals surface area contributed by atoms with Crippen molar-refractivity contribution in [3.63, 3.8) is 0 Å². The fourth-order valence-electron chi connectivity index (χ4n) is 3.90. The summed E-state index contributed by atoms with van der Waals surface area (Å²) in [6.45, 7) is 5.72. The molecule has 108 valence electrons. The first-order chi connectivity index (χ1) is 9.19. The van der Waals surface area contributed by atoms with Crippen molar-refractivity contribution in [1.82, 2.24) is 10.2 Å². The molecule has 0 spiro atoms. The van der Waals surface area contributed by atoms with E-state index in [2.05, 4.69) is 5.32 Å². The van der Waals surface area contributed by atoms with Gasteiger partial charge in [-0.25, -0.2) is 0 Å². The van der Waals surface area contributed by atoms with Crippen LogP contribution in [0.25, 0.3) is 0 Å². The highest BCUT2D eigenvalue weighted by atomic mass is 16.5. The van der Waals surface area contributed by atoms with E-state index in [1.165, 1.54) is 19.4 Å². The lowest BCUT2D eigenvalue weighted by molar-refractivity contribution is -0.152. The van der Waals surface area contributed by atoms with Gasteiger partial charge >= 0.3 is 0 Å². The minimum atomic E-state index is -0.529. The molecule has 3 rings (SSSR count). The summed E-state index contributed by atoms with van der Waals surface area (Å²) in [7, 11) is 0. The Labute approximate surface area is 115 Å². The summed E-state index contributed by atoms with van der Waals surface area (Å²) >= 11 is 0. The third-order valence-electron chi connectivity index (χ3n) is 5.17. The number of carbonyl (C=O) groups is 1. The molecule has 3 heterocycles. The maximum atomic E-state index is 12.5. The molecule has 0 aromatic carbocycles. The van der Waals surface area contributed by atoms with E-state index in [-0.39, 0.29) is 5.91 Å². The highest BCUT2D eigenvalue weighted by molar-refractivity contribution is 5.85. The van der Waals surface area contributed by atoms with Crippen LogP contribution in [0.1, 0.15) is 45.4 Å². The van der Waals surface area contributed by atoms with Crippen LogP contribution in [0.15, 0.2) is 0 Å². The molecule has 3 aliphatic rings. The predicted octanol–water partition coefficient (Wildman–Crippen LogP) is 1.55. The molecule has 4 nitrogen and oxygen atoms in total. The predicted molar refractivity (Wildman–Crippen MR) is 73.9 cm³/mol. The van der Waals surface area contributed by atoms with Crippen molar-refractivity contribution in [2.24, 2.45) is 5.92 Å². The summed E-state index contributed by atoms with van der Waals surface area (Å²) in [5, 5.41) is 3.60. The van der Waals surface area contributed by atoms with Crippen molar-refractivity contribution in [2.75, 3.05) is 26.2 Å². The van der Waals surface area contributed by atoms with E-state index in [0.29, 0.717) is 6.04 Å². The van der Waals surface area contributed by atoms with Gasteiger partial charge < -0.3 is 15.0 Å². The van der Waals surface area contributed by atoms with E-state index < -0.39 is 5.60 Å². The van der Waals surface area contributed by atoms with Gasteiger partial charge in [-0.2, -0.15) is 0 Å². The van der Waals surface area contributed by atoms with Crippen LogP contribution >= 0.6 is 0 Å². The SMILES string of the molecule is CC1(C(=O)N2CCC(C3CCCN3)CC2)CCCO1. The van der Waals surface area contributed by atoms with Crippen molar-refractivity contribution >= 4 is 5.91 Å². The Kier molecular flexibility index (Phi) is 3.81. The molecule has 0 bridgehead atoms. The molecule has 0 aromatic rings. The Bertz CT molecular complexity index is 325. The van der Waals surface area contributed by atoms with Crippen molar-refractivity contribution < 1.29 is 9.53 Å². The molecule has 19 heavy (non-hydrogen) atoms. The second-order valence-corrected chi connectivity index (χ2v) is 6.52. The quantitative estimate of drug-likeness (QED) is 0.824. The molecule has 2 atom stereocenters. The zero-order valence-electron chi connectivity index (χ0n) is 12.0. The normalized spacial score (nSPS) is 36.9. The van der Waals surface area contributed by atoms with Gasteiger partial charge in [-0.1, -0.05) is 0 Å². The molecule has 0 aromatic heterocycles. The second kappa shape index (κ2) is 5.41. The number of nitrogens with one attached hydrogen (secondary N) is 1. The summed E-state index contributed by atoms with van der Waals surface area (Å²) in [6.07, 6.45) is 6.84. The van der Waals surface area contributed by atoms with Crippen LogP contribution in [-0.4, -0.2) is 48.7 Å². The number of hydrogen-bond acceptors (Lipinski definition) is 3. The van der Waals surface area contributed by atoms with Gasteiger partial charge in [0, 0.05) is 25.7 Å². The first kappa shape index (κ1) is 13.4. The van der Waals surface area contributed by atoms with Crippen molar-refractivity contribution in [3.05, 3.63) is 0 Å². The molecule has 3 saturated heterocycles. The standard InChI is InChI=1S/C15H26N2O2/c1-15(7-3-11-19-15)14(18)17-9-5-12(6-10-17)13-4-2-8-16-13/h12-13,16H,2-11H2,1H3. The lowest BCUT2D eigenvalue weighted by Gasteiger charge is -2.38. The Balaban J connectivity index is 1.53. The summed E-state index contributed by atoms with van der Waals surface area (Å²) in [4.78, 5) is 14.6. The molecular weight excluding hydrogens is 240 g/mol. The first-order valence-corrected chi connectivity index (χ1v) is 7.86. The molecule has 2 unspecified atom stereocenters. The van der Waals surface area contributed by atoms with E-state index in [9.17, 15) is 4.79 Å². The summed E-state index contributed by atoms with van der Waals surface area (Å²) < 4.78 is 5.68. The third kappa shape index (κ3) is 2.65. The molecular formula is C15H26N2O2. The Morgan fingerprint density at radius 3 is 2.63 bits per heavy atom. The fourth-order valence-corrected chi connectivity index (χ4v) is 3.90. The van der Waals surface area contributed by atoms with Crippen LogP contribution in [0.5, 0.6) is 0 Å². The number of ether oxygens (including phenoxy) is 1. The number of hydrogen-bond donors (Lipinski definition) is 1. The van der Waals surface area contributed by atoms with E-state index in [1.807, 2.05) is 11.8 Å². The molecule has 0 saturated carbocycles. The topological polar surface area (TPSA) is 41.6 Å². The highest BCUT2D eigenvalue weighted by Gasteiger charge is 2.42. The second-order valence-electron chi connectivity index (χ2n) is 6.52. The van der Waals surface area contributed by atoms with E-state index in [1.54, 1.807) is 0 Å². The number of amides is 1. The van der Waals surface area contributed by atoms with Crippen LogP contribution in [0, 0.1) is 5.92 Å². The van der Waals surface area contributed by atoms with Crippen LogP contribution < -0.4 is 5.32 Å². The molecule has 1 N–H and O–H groups in total. The smallest absolute Gasteiger partial charge is 0.254 e. The summed E-state index contributed by atoms with van der Waals surface area (Å²) in [6, 6.07) is 0.704. The highest BCUT2D eigenvalue weighted by Crippen LogP contribution is 2.31. The van der Waals surface area contributed by atoms with Crippen LogP contribution in [0.4, 0.5) is 0 Å². The van der Waals surface area contributed by atoms with Crippen molar-refractivity contribution in [1.29, 1.82) is 0 Å². The first-order valence-electron chi connectivity index (χ1n) is 7.86. The summed E-state index contributed by atoms with van der Waals surface area (Å²) in [5.74, 6) is 0.992. The number of carbonyl (C=O) groups excluding carboxylic acids is 1. The Morgan fingerprint density at radius 1 is 1.26 bits per heavy atom. The number of rotatable bonds is 2. The van der Waals surface area contributed by atoms with Gasteiger partial charge in [0.25, 0.3) is 5.91 Å². The lowest BCUT2D eigenvalue weighted by atomic mass is 9.87. The largest absolute Gasteiger partial charge is 0.365 e. The lowest BCUT2D eigenvalue weighted by Crippen LogP contribution is -2.51. The maximum Gasteiger partial charge on any atom is 0.254 e. The molecule has 3 fully saturated rings. The maximum absolute atomic E-state index is 12.5.